The fourth-order valence-electron chi connectivity index (χ4n) is 2.23. The Bertz CT molecular complexity index is 503. The SMILES string of the molecule is CC(C)(CNC1CCCOc2ccc(F)cc21)C(N)=O. The molecule has 2 rings (SSSR count). The van der Waals surface area contributed by atoms with Gasteiger partial charge in [-0.15, -0.1) is 0 Å². The molecule has 0 fully saturated rings. The van der Waals surface area contributed by atoms with E-state index in [0.717, 1.165) is 18.4 Å². The zero-order valence-corrected chi connectivity index (χ0v) is 11.9. The van der Waals surface area contributed by atoms with Crippen molar-refractivity contribution in [2.24, 2.45) is 11.1 Å². The minimum absolute atomic E-state index is 0.0261. The van der Waals surface area contributed by atoms with Crippen LogP contribution in [0.2, 0.25) is 0 Å². The Kier molecular flexibility index (Phi) is 4.28. The smallest absolute Gasteiger partial charge is 0.224 e. The summed E-state index contributed by atoms with van der Waals surface area (Å²) in [5.74, 6) is 0.0721. The lowest BCUT2D eigenvalue weighted by molar-refractivity contribution is -0.125. The van der Waals surface area contributed by atoms with Crippen molar-refractivity contribution in [2.45, 2.75) is 32.7 Å². The third-order valence-electron chi connectivity index (χ3n) is 3.70. The Hall–Kier alpha value is -1.62. The van der Waals surface area contributed by atoms with Crippen molar-refractivity contribution in [2.75, 3.05) is 13.2 Å². The summed E-state index contributed by atoms with van der Waals surface area (Å²) >= 11 is 0. The highest BCUT2D eigenvalue weighted by Crippen LogP contribution is 2.32. The van der Waals surface area contributed by atoms with E-state index in [9.17, 15) is 9.18 Å². The summed E-state index contributed by atoms with van der Waals surface area (Å²) in [6, 6.07) is 4.52. The van der Waals surface area contributed by atoms with Gasteiger partial charge in [-0.1, -0.05) is 0 Å². The lowest BCUT2D eigenvalue weighted by Crippen LogP contribution is -2.41. The molecule has 1 aromatic carbocycles. The summed E-state index contributed by atoms with van der Waals surface area (Å²) in [6.07, 6.45) is 1.72. The molecule has 0 radical (unpaired) electrons. The van der Waals surface area contributed by atoms with E-state index in [-0.39, 0.29) is 17.8 Å². The molecule has 0 aliphatic carbocycles. The number of amides is 1. The number of nitrogens with one attached hydrogen (secondary N) is 1. The minimum atomic E-state index is -0.638. The molecule has 4 nitrogen and oxygen atoms in total. The minimum Gasteiger partial charge on any atom is -0.493 e. The lowest BCUT2D eigenvalue weighted by atomic mass is 9.91. The van der Waals surface area contributed by atoms with Gasteiger partial charge in [0.1, 0.15) is 11.6 Å². The van der Waals surface area contributed by atoms with Crippen LogP contribution in [0, 0.1) is 11.2 Å². The van der Waals surface area contributed by atoms with Crippen molar-refractivity contribution in [3.8, 4) is 5.75 Å². The first kappa shape index (κ1) is 14.8. The Balaban J connectivity index is 2.16. The standard InChI is InChI=1S/C15H21FN2O2/c1-15(2,14(17)19)9-18-12-4-3-7-20-13-6-5-10(16)8-11(12)13/h5-6,8,12,18H,3-4,7,9H2,1-2H3,(H2,17,19). The van der Waals surface area contributed by atoms with Gasteiger partial charge >= 0.3 is 0 Å². The van der Waals surface area contributed by atoms with Crippen molar-refractivity contribution in [3.05, 3.63) is 29.6 Å². The van der Waals surface area contributed by atoms with Gasteiger partial charge in [0, 0.05) is 18.2 Å². The van der Waals surface area contributed by atoms with Crippen molar-refractivity contribution < 1.29 is 13.9 Å². The number of halogens is 1. The van der Waals surface area contributed by atoms with Crippen molar-refractivity contribution in [1.29, 1.82) is 0 Å². The normalized spacial score (nSPS) is 18.9. The summed E-state index contributed by atoms with van der Waals surface area (Å²) < 4.78 is 19.1. The number of ether oxygens (including phenoxy) is 1. The van der Waals surface area contributed by atoms with Crippen molar-refractivity contribution in [3.63, 3.8) is 0 Å². The van der Waals surface area contributed by atoms with Gasteiger partial charge in [-0.05, 0) is 44.9 Å². The summed E-state index contributed by atoms with van der Waals surface area (Å²) in [5, 5.41) is 3.32. The maximum Gasteiger partial charge on any atom is 0.224 e. The van der Waals surface area contributed by atoms with E-state index in [1.54, 1.807) is 19.9 Å². The van der Waals surface area contributed by atoms with Gasteiger partial charge in [0.2, 0.25) is 5.91 Å². The molecule has 0 aromatic heterocycles. The monoisotopic (exact) mass is 280 g/mol. The van der Waals surface area contributed by atoms with Crippen LogP contribution in [0.5, 0.6) is 5.75 Å². The van der Waals surface area contributed by atoms with E-state index in [2.05, 4.69) is 5.32 Å². The van der Waals surface area contributed by atoms with E-state index in [1.807, 2.05) is 0 Å². The Morgan fingerprint density at radius 3 is 3.00 bits per heavy atom. The summed E-state index contributed by atoms with van der Waals surface area (Å²) in [6.45, 7) is 4.66. The average molecular weight is 280 g/mol. The molecule has 0 bridgehead atoms. The van der Waals surface area contributed by atoms with Crippen LogP contribution < -0.4 is 15.8 Å². The van der Waals surface area contributed by atoms with Gasteiger partial charge in [-0.2, -0.15) is 0 Å². The van der Waals surface area contributed by atoms with Gasteiger partial charge in [-0.25, -0.2) is 4.39 Å². The maximum absolute atomic E-state index is 13.4. The number of primary amides is 1. The third-order valence-corrected chi connectivity index (χ3v) is 3.70. The van der Waals surface area contributed by atoms with Crippen LogP contribution in [-0.4, -0.2) is 19.1 Å². The van der Waals surface area contributed by atoms with Gasteiger partial charge in [0.25, 0.3) is 0 Å². The first-order chi connectivity index (χ1) is 9.40. The quantitative estimate of drug-likeness (QED) is 0.888. The Morgan fingerprint density at radius 1 is 1.55 bits per heavy atom. The lowest BCUT2D eigenvalue weighted by Gasteiger charge is -2.25. The zero-order chi connectivity index (χ0) is 14.8. The van der Waals surface area contributed by atoms with Crippen LogP contribution in [0.1, 0.15) is 38.3 Å². The zero-order valence-electron chi connectivity index (χ0n) is 11.9. The number of carbonyl (C=O) groups is 1. The molecule has 20 heavy (non-hydrogen) atoms. The van der Waals surface area contributed by atoms with Gasteiger partial charge in [0.15, 0.2) is 0 Å². The Labute approximate surface area is 118 Å². The van der Waals surface area contributed by atoms with Crippen LogP contribution in [0.15, 0.2) is 18.2 Å². The van der Waals surface area contributed by atoms with Crippen LogP contribution in [0.3, 0.4) is 0 Å². The van der Waals surface area contributed by atoms with E-state index >= 15 is 0 Å². The molecular formula is C15H21FN2O2. The molecule has 1 amide bonds. The van der Waals surface area contributed by atoms with E-state index in [4.69, 9.17) is 10.5 Å². The van der Waals surface area contributed by atoms with Gasteiger partial charge in [0.05, 0.1) is 12.0 Å². The van der Waals surface area contributed by atoms with Crippen molar-refractivity contribution >= 4 is 5.91 Å². The number of benzene rings is 1. The summed E-state index contributed by atoms with van der Waals surface area (Å²) in [7, 11) is 0. The highest BCUT2D eigenvalue weighted by molar-refractivity contribution is 5.80. The first-order valence-corrected chi connectivity index (χ1v) is 6.86. The molecule has 5 heteroatoms. The molecule has 0 saturated carbocycles. The topological polar surface area (TPSA) is 64.3 Å². The molecule has 3 N–H and O–H groups in total. The molecule has 0 spiro atoms. The number of carbonyl (C=O) groups excluding carboxylic acids is 1. The van der Waals surface area contributed by atoms with Crippen LogP contribution in [0.4, 0.5) is 4.39 Å². The summed E-state index contributed by atoms with van der Waals surface area (Å²) in [4.78, 5) is 11.4. The molecule has 1 atom stereocenters. The second kappa shape index (κ2) is 5.79. The largest absolute Gasteiger partial charge is 0.493 e. The predicted molar refractivity (Wildman–Crippen MR) is 74.8 cm³/mol. The van der Waals surface area contributed by atoms with Crippen LogP contribution in [-0.2, 0) is 4.79 Å². The molecule has 110 valence electrons. The molecule has 1 aromatic rings. The summed E-state index contributed by atoms with van der Waals surface area (Å²) in [5.41, 5.74) is 5.54. The molecule has 1 aliphatic rings. The number of rotatable bonds is 4. The van der Waals surface area contributed by atoms with Crippen LogP contribution in [0.25, 0.3) is 0 Å². The van der Waals surface area contributed by atoms with E-state index in [1.165, 1.54) is 12.1 Å². The number of fused-ring (bicyclic) bond motifs is 1. The highest BCUT2D eigenvalue weighted by Gasteiger charge is 2.27. The van der Waals surface area contributed by atoms with Gasteiger partial charge < -0.3 is 15.8 Å². The number of hydrogen-bond donors (Lipinski definition) is 2. The predicted octanol–water partition coefficient (Wildman–Crippen LogP) is 2.14. The van der Waals surface area contributed by atoms with Crippen molar-refractivity contribution in [1.82, 2.24) is 5.32 Å². The first-order valence-electron chi connectivity index (χ1n) is 6.86. The molecule has 1 unspecified atom stereocenters. The Morgan fingerprint density at radius 2 is 2.30 bits per heavy atom. The van der Waals surface area contributed by atoms with Crippen LogP contribution >= 0.6 is 0 Å². The molecular weight excluding hydrogens is 259 g/mol. The number of hydrogen-bond acceptors (Lipinski definition) is 3. The van der Waals surface area contributed by atoms with E-state index < -0.39 is 5.41 Å². The maximum atomic E-state index is 13.4. The second-order valence-corrected chi connectivity index (χ2v) is 5.85. The average Bonchev–Trinajstić information content (AvgIpc) is 2.58. The molecule has 0 saturated heterocycles. The third kappa shape index (κ3) is 3.28. The second-order valence-electron chi connectivity index (χ2n) is 5.85. The van der Waals surface area contributed by atoms with E-state index in [0.29, 0.717) is 18.9 Å². The fourth-order valence-corrected chi connectivity index (χ4v) is 2.23. The molecule has 1 aliphatic heterocycles. The van der Waals surface area contributed by atoms with Gasteiger partial charge in [-0.3, -0.25) is 4.79 Å². The highest BCUT2D eigenvalue weighted by atomic mass is 19.1. The number of nitrogens with two attached hydrogens (primary N) is 1. The fraction of sp³-hybridized carbons (Fsp3) is 0.533. The molecule has 1 heterocycles.